The van der Waals surface area contributed by atoms with E-state index in [2.05, 4.69) is 5.92 Å². The second-order valence-electron chi connectivity index (χ2n) is 4.16. The Morgan fingerprint density at radius 2 is 1.94 bits per heavy atom. The minimum Gasteiger partial charge on any atom is -0.496 e. The lowest BCUT2D eigenvalue weighted by Gasteiger charge is -2.14. The van der Waals surface area contributed by atoms with E-state index in [-0.39, 0.29) is 0 Å². The number of methoxy groups -OCH3 is 1. The molecule has 2 aromatic rings. The second kappa shape index (κ2) is 5.57. The highest BCUT2D eigenvalue weighted by molar-refractivity contribution is 5.91. The molecule has 0 amide bonds. The van der Waals surface area contributed by atoms with Crippen molar-refractivity contribution in [1.82, 2.24) is 0 Å². The summed E-state index contributed by atoms with van der Waals surface area (Å²) in [5.41, 5.74) is 0.904. The molecule has 0 spiro atoms. The Balaban J connectivity index is 2.49. The van der Waals surface area contributed by atoms with Gasteiger partial charge in [-0.15, -0.1) is 12.3 Å². The molecule has 1 atom stereocenters. The van der Waals surface area contributed by atoms with E-state index >= 15 is 0 Å². The maximum atomic E-state index is 10.2. The number of benzene rings is 2. The minimum atomic E-state index is -0.531. The topological polar surface area (TPSA) is 29.5 Å². The van der Waals surface area contributed by atoms with Crippen LogP contribution in [-0.2, 0) is 0 Å². The summed E-state index contributed by atoms with van der Waals surface area (Å²) in [6, 6.07) is 11.7. The fraction of sp³-hybridized carbons (Fsp3) is 0.250. The van der Waals surface area contributed by atoms with Gasteiger partial charge < -0.3 is 9.84 Å². The maximum Gasteiger partial charge on any atom is 0.126 e. The minimum absolute atomic E-state index is 0.531. The number of hydrogen-bond acceptors (Lipinski definition) is 2. The first-order valence-electron chi connectivity index (χ1n) is 5.95. The van der Waals surface area contributed by atoms with E-state index < -0.39 is 6.10 Å². The van der Waals surface area contributed by atoms with E-state index in [0.717, 1.165) is 22.1 Å². The lowest BCUT2D eigenvalue weighted by molar-refractivity contribution is 0.171. The van der Waals surface area contributed by atoms with Gasteiger partial charge in [0.1, 0.15) is 5.75 Å². The van der Waals surface area contributed by atoms with Crippen LogP contribution in [0.15, 0.2) is 36.4 Å². The van der Waals surface area contributed by atoms with Gasteiger partial charge in [0.2, 0.25) is 0 Å². The summed E-state index contributed by atoms with van der Waals surface area (Å²) in [5, 5.41) is 12.2. The van der Waals surface area contributed by atoms with E-state index in [0.29, 0.717) is 12.8 Å². The van der Waals surface area contributed by atoms with Gasteiger partial charge in [0.05, 0.1) is 13.2 Å². The molecule has 92 valence electrons. The van der Waals surface area contributed by atoms with Crippen LogP contribution in [0.2, 0.25) is 0 Å². The van der Waals surface area contributed by atoms with Crippen molar-refractivity contribution in [2.75, 3.05) is 7.11 Å². The Bertz CT molecular complexity index is 581. The molecule has 2 nitrogen and oxygen atoms in total. The van der Waals surface area contributed by atoms with Crippen molar-refractivity contribution in [3.63, 3.8) is 0 Å². The van der Waals surface area contributed by atoms with Crippen LogP contribution in [-0.4, -0.2) is 12.2 Å². The Labute approximate surface area is 107 Å². The summed E-state index contributed by atoms with van der Waals surface area (Å²) in [6.07, 6.45) is 5.85. The van der Waals surface area contributed by atoms with Crippen LogP contribution in [0.5, 0.6) is 5.75 Å². The summed E-state index contributed by atoms with van der Waals surface area (Å²) >= 11 is 0. The molecule has 0 heterocycles. The number of ether oxygens (including phenoxy) is 1. The van der Waals surface area contributed by atoms with E-state index in [1.54, 1.807) is 7.11 Å². The predicted octanol–water partition coefficient (Wildman–Crippen LogP) is 3.30. The SMILES string of the molecule is C#CCCC(O)c1ccc(OC)c2ccccc12. The first-order valence-corrected chi connectivity index (χ1v) is 5.95. The van der Waals surface area contributed by atoms with Crippen LogP contribution in [0, 0.1) is 12.3 Å². The number of aliphatic hydroxyl groups excluding tert-OH is 1. The summed E-state index contributed by atoms with van der Waals surface area (Å²) in [6.45, 7) is 0. The van der Waals surface area contributed by atoms with Crippen molar-refractivity contribution >= 4 is 10.8 Å². The Kier molecular flexibility index (Phi) is 3.86. The third-order valence-electron chi connectivity index (χ3n) is 3.06. The molecular formula is C16H16O2. The largest absolute Gasteiger partial charge is 0.496 e. The molecule has 1 N–H and O–H groups in total. The van der Waals surface area contributed by atoms with Crippen molar-refractivity contribution in [2.24, 2.45) is 0 Å². The van der Waals surface area contributed by atoms with Crippen molar-refractivity contribution in [1.29, 1.82) is 0 Å². The maximum absolute atomic E-state index is 10.2. The van der Waals surface area contributed by atoms with Gasteiger partial charge in [-0.2, -0.15) is 0 Å². The van der Waals surface area contributed by atoms with Gasteiger partial charge in [-0.3, -0.25) is 0 Å². The molecule has 0 aliphatic carbocycles. The van der Waals surface area contributed by atoms with Crippen LogP contribution in [0.4, 0.5) is 0 Å². The first-order chi connectivity index (χ1) is 8.77. The average Bonchev–Trinajstić information content (AvgIpc) is 2.43. The van der Waals surface area contributed by atoms with E-state index in [1.165, 1.54) is 0 Å². The number of terminal acetylenes is 1. The number of fused-ring (bicyclic) bond motifs is 1. The van der Waals surface area contributed by atoms with E-state index in [4.69, 9.17) is 11.2 Å². The number of rotatable bonds is 4. The Hall–Kier alpha value is -1.98. The monoisotopic (exact) mass is 240 g/mol. The average molecular weight is 240 g/mol. The van der Waals surface area contributed by atoms with Gasteiger partial charge in [-0.25, -0.2) is 0 Å². The lowest BCUT2D eigenvalue weighted by Crippen LogP contribution is -1.99. The fourth-order valence-corrected chi connectivity index (χ4v) is 2.14. The van der Waals surface area contributed by atoms with Crippen molar-refractivity contribution in [3.8, 4) is 18.1 Å². The van der Waals surface area contributed by atoms with Crippen molar-refractivity contribution in [2.45, 2.75) is 18.9 Å². The van der Waals surface area contributed by atoms with Gasteiger partial charge in [0.25, 0.3) is 0 Å². The summed E-state index contributed by atoms with van der Waals surface area (Å²) in [4.78, 5) is 0. The summed E-state index contributed by atoms with van der Waals surface area (Å²) in [5.74, 6) is 3.37. The highest BCUT2D eigenvalue weighted by Gasteiger charge is 2.12. The molecule has 0 fully saturated rings. The third-order valence-corrected chi connectivity index (χ3v) is 3.06. The number of aliphatic hydroxyl groups is 1. The second-order valence-corrected chi connectivity index (χ2v) is 4.16. The highest BCUT2D eigenvalue weighted by Crippen LogP contribution is 2.32. The van der Waals surface area contributed by atoms with Crippen LogP contribution in [0.3, 0.4) is 0 Å². The quantitative estimate of drug-likeness (QED) is 0.831. The first kappa shape index (κ1) is 12.5. The normalized spacial score (nSPS) is 12.1. The smallest absolute Gasteiger partial charge is 0.126 e. The van der Waals surface area contributed by atoms with E-state index in [1.807, 2.05) is 36.4 Å². The highest BCUT2D eigenvalue weighted by atomic mass is 16.5. The summed E-state index contributed by atoms with van der Waals surface area (Å²) < 4.78 is 5.33. The molecule has 0 saturated carbocycles. The predicted molar refractivity (Wildman–Crippen MR) is 73.5 cm³/mol. The van der Waals surface area contributed by atoms with Gasteiger partial charge in [0, 0.05) is 11.8 Å². The molecule has 2 rings (SSSR count). The molecule has 18 heavy (non-hydrogen) atoms. The Morgan fingerprint density at radius 3 is 2.61 bits per heavy atom. The lowest BCUT2D eigenvalue weighted by atomic mass is 9.97. The Morgan fingerprint density at radius 1 is 1.22 bits per heavy atom. The van der Waals surface area contributed by atoms with Crippen LogP contribution in [0.1, 0.15) is 24.5 Å². The zero-order valence-electron chi connectivity index (χ0n) is 10.4. The van der Waals surface area contributed by atoms with Crippen molar-refractivity contribution < 1.29 is 9.84 Å². The fourth-order valence-electron chi connectivity index (χ4n) is 2.14. The molecule has 0 radical (unpaired) electrons. The molecule has 2 aromatic carbocycles. The molecule has 1 unspecified atom stereocenters. The molecule has 0 aliphatic rings. The standard InChI is InChI=1S/C16H16O2/c1-3-4-9-15(17)13-10-11-16(18-2)14-8-6-5-7-12(13)14/h1,5-8,10-11,15,17H,4,9H2,2H3. The van der Waals surface area contributed by atoms with Gasteiger partial charge in [0.15, 0.2) is 0 Å². The van der Waals surface area contributed by atoms with Crippen LogP contribution >= 0.6 is 0 Å². The van der Waals surface area contributed by atoms with E-state index in [9.17, 15) is 5.11 Å². The third kappa shape index (κ3) is 2.32. The molecule has 2 heteroatoms. The summed E-state index contributed by atoms with van der Waals surface area (Å²) in [7, 11) is 1.65. The molecule has 0 aliphatic heterocycles. The van der Waals surface area contributed by atoms with Crippen molar-refractivity contribution in [3.05, 3.63) is 42.0 Å². The number of hydrogen-bond donors (Lipinski definition) is 1. The van der Waals surface area contributed by atoms with Crippen LogP contribution in [0.25, 0.3) is 10.8 Å². The zero-order chi connectivity index (χ0) is 13.0. The van der Waals surface area contributed by atoms with Gasteiger partial charge in [-0.1, -0.05) is 30.3 Å². The molecule has 0 saturated heterocycles. The van der Waals surface area contributed by atoms with Gasteiger partial charge >= 0.3 is 0 Å². The van der Waals surface area contributed by atoms with Gasteiger partial charge in [-0.05, 0) is 23.4 Å². The molecular weight excluding hydrogens is 224 g/mol. The zero-order valence-corrected chi connectivity index (χ0v) is 10.4. The molecule has 0 aromatic heterocycles. The van der Waals surface area contributed by atoms with Crippen LogP contribution < -0.4 is 4.74 Å². The molecule has 0 bridgehead atoms.